The third-order valence-electron chi connectivity index (χ3n) is 3.86. The molecule has 0 aromatic rings. The highest BCUT2D eigenvalue weighted by Crippen LogP contribution is 2.27. The number of rotatable bonds is 1. The second-order valence-corrected chi connectivity index (χ2v) is 5.63. The minimum absolute atomic E-state index is 0.268. The first-order chi connectivity index (χ1) is 7.16. The van der Waals surface area contributed by atoms with Crippen LogP contribution in [0.25, 0.3) is 0 Å². The topological polar surface area (TPSA) is 20.3 Å². The maximum atomic E-state index is 11.9. The lowest BCUT2D eigenvalue weighted by Gasteiger charge is -2.40. The molecule has 86 valence electrons. The summed E-state index contributed by atoms with van der Waals surface area (Å²) in [6.45, 7) is 6.91. The van der Waals surface area contributed by atoms with Crippen LogP contribution >= 0.6 is 0 Å². The number of hydrogen-bond donors (Lipinski definition) is 0. The lowest BCUT2D eigenvalue weighted by Crippen LogP contribution is -2.49. The van der Waals surface area contributed by atoms with Gasteiger partial charge in [-0.05, 0) is 31.1 Å². The van der Waals surface area contributed by atoms with Crippen molar-refractivity contribution < 1.29 is 4.79 Å². The molecule has 2 fully saturated rings. The van der Waals surface area contributed by atoms with E-state index < -0.39 is 0 Å². The number of hydrogen-bond acceptors (Lipinski definition) is 2. The van der Waals surface area contributed by atoms with Gasteiger partial charge in [0.05, 0.1) is 6.04 Å². The van der Waals surface area contributed by atoms with Crippen molar-refractivity contribution >= 4 is 5.78 Å². The zero-order chi connectivity index (χ0) is 10.8. The first-order valence-corrected chi connectivity index (χ1v) is 6.43. The van der Waals surface area contributed by atoms with E-state index in [-0.39, 0.29) is 6.04 Å². The highest BCUT2D eigenvalue weighted by Gasteiger charge is 2.32. The lowest BCUT2D eigenvalue weighted by molar-refractivity contribution is -0.127. The summed E-state index contributed by atoms with van der Waals surface area (Å²) in [6, 6.07) is 0.268. The van der Waals surface area contributed by atoms with Gasteiger partial charge in [0.1, 0.15) is 5.78 Å². The quantitative estimate of drug-likeness (QED) is 0.661. The summed E-state index contributed by atoms with van der Waals surface area (Å²) >= 11 is 0. The summed E-state index contributed by atoms with van der Waals surface area (Å²) in [5.74, 6) is 2.04. The zero-order valence-electron chi connectivity index (χ0n) is 10.0. The predicted octanol–water partition coefficient (Wildman–Crippen LogP) is 2.48. The second kappa shape index (κ2) is 4.65. The van der Waals surface area contributed by atoms with Crippen LogP contribution in [-0.4, -0.2) is 29.8 Å². The van der Waals surface area contributed by atoms with Crippen molar-refractivity contribution in [1.82, 2.24) is 4.90 Å². The fraction of sp³-hybridized carbons (Fsp3) is 0.923. The molecule has 2 nitrogen and oxygen atoms in total. The van der Waals surface area contributed by atoms with E-state index in [0.717, 1.165) is 44.2 Å². The molecule has 0 N–H and O–H groups in total. The predicted molar refractivity (Wildman–Crippen MR) is 61.8 cm³/mol. The molecule has 2 heteroatoms. The van der Waals surface area contributed by atoms with Crippen molar-refractivity contribution in [3.63, 3.8) is 0 Å². The highest BCUT2D eigenvalue weighted by molar-refractivity contribution is 5.84. The fourth-order valence-corrected chi connectivity index (χ4v) is 3.32. The van der Waals surface area contributed by atoms with E-state index in [9.17, 15) is 4.79 Å². The van der Waals surface area contributed by atoms with Gasteiger partial charge in [0.15, 0.2) is 0 Å². The van der Waals surface area contributed by atoms with Crippen LogP contribution in [0, 0.1) is 11.8 Å². The van der Waals surface area contributed by atoms with Gasteiger partial charge in [0.25, 0.3) is 0 Å². The summed E-state index contributed by atoms with van der Waals surface area (Å²) in [5.41, 5.74) is 0. The zero-order valence-corrected chi connectivity index (χ0v) is 10.0. The van der Waals surface area contributed by atoms with Crippen molar-refractivity contribution in [1.29, 1.82) is 0 Å². The second-order valence-electron chi connectivity index (χ2n) is 5.63. The van der Waals surface area contributed by atoms with Gasteiger partial charge in [-0.2, -0.15) is 0 Å². The van der Waals surface area contributed by atoms with Gasteiger partial charge < -0.3 is 0 Å². The van der Waals surface area contributed by atoms with Gasteiger partial charge in [0, 0.05) is 19.5 Å². The van der Waals surface area contributed by atoms with Crippen LogP contribution in [0.4, 0.5) is 0 Å². The average Bonchev–Trinajstić information content (AvgIpc) is 2.16. The Labute approximate surface area is 93.0 Å². The normalized spacial score (nSPS) is 39.3. The van der Waals surface area contributed by atoms with E-state index in [1.807, 2.05) is 0 Å². The molecule has 0 aromatic heterocycles. The molecule has 0 bridgehead atoms. The van der Waals surface area contributed by atoms with Gasteiger partial charge >= 0.3 is 0 Å². The summed E-state index contributed by atoms with van der Waals surface area (Å²) < 4.78 is 0. The number of nitrogens with zero attached hydrogens (tertiary/aromatic N) is 1. The van der Waals surface area contributed by atoms with Gasteiger partial charge in [0.2, 0.25) is 0 Å². The standard InChI is InChI=1S/C13H23NO/c1-10-7-11(2)9-14(8-10)12-5-3-4-6-13(12)15/h10-12H,3-9H2,1-2H3/t10-,11+,12-/m0/s1. The van der Waals surface area contributed by atoms with E-state index in [1.54, 1.807) is 0 Å². The van der Waals surface area contributed by atoms with Crippen LogP contribution < -0.4 is 0 Å². The van der Waals surface area contributed by atoms with Crippen LogP contribution in [0.15, 0.2) is 0 Å². The molecule has 15 heavy (non-hydrogen) atoms. The first-order valence-electron chi connectivity index (χ1n) is 6.43. The molecule has 2 aliphatic rings. The van der Waals surface area contributed by atoms with Gasteiger partial charge in [-0.25, -0.2) is 0 Å². The summed E-state index contributed by atoms with van der Waals surface area (Å²) in [7, 11) is 0. The van der Waals surface area contributed by atoms with Crippen LogP contribution in [0.5, 0.6) is 0 Å². The number of carbonyl (C=O) groups is 1. The Bertz CT molecular complexity index is 229. The number of piperidine rings is 1. The summed E-state index contributed by atoms with van der Waals surface area (Å²) in [4.78, 5) is 14.3. The Kier molecular flexibility index (Phi) is 3.45. The molecular weight excluding hydrogens is 186 g/mol. The number of likely N-dealkylation sites (tertiary alicyclic amines) is 1. The first kappa shape index (κ1) is 11.1. The molecule has 0 unspecified atom stereocenters. The molecule has 1 heterocycles. The minimum Gasteiger partial charge on any atom is -0.298 e. The van der Waals surface area contributed by atoms with Crippen molar-refractivity contribution in [3.05, 3.63) is 0 Å². The lowest BCUT2D eigenvalue weighted by atomic mass is 9.86. The van der Waals surface area contributed by atoms with Crippen LogP contribution in [0.2, 0.25) is 0 Å². The van der Waals surface area contributed by atoms with Crippen LogP contribution in [0.1, 0.15) is 46.0 Å². The van der Waals surface area contributed by atoms with Crippen molar-refractivity contribution in [3.8, 4) is 0 Å². The smallest absolute Gasteiger partial charge is 0.149 e. The molecule has 1 saturated carbocycles. The van der Waals surface area contributed by atoms with E-state index in [4.69, 9.17) is 0 Å². The molecule has 0 radical (unpaired) electrons. The molecule has 3 atom stereocenters. The Morgan fingerprint density at radius 3 is 2.40 bits per heavy atom. The van der Waals surface area contributed by atoms with E-state index in [0.29, 0.717) is 5.78 Å². The molecule has 0 aromatic carbocycles. The third kappa shape index (κ3) is 2.60. The van der Waals surface area contributed by atoms with Crippen LogP contribution in [-0.2, 0) is 4.79 Å². The van der Waals surface area contributed by atoms with Gasteiger partial charge in [-0.15, -0.1) is 0 Å². The fourth-order valence-electron chi connectivity index (χ4n) is 3.32. The Morgan fingerprint density at radius 2 is 1.80 bits per heavy atom. The maximum absolute atomic E-state index is 11.9. The molecule has 1 aliphatic heterocycles. The number of ketones is 1. The molecule has 2 rings (SSSR count). The van der Waals surface area contributed by atoms with Gasteiger partial charge in [-0.3, -0.25) is 9.69 Å². The maximum Gasteiger partial charge on any atom is 0.149 e. The molecule has 1 aliphatic carbocycles. The Morgan fingerprint density at radius 1 is 1.13 bits per heavy atom. The molecular formula is C13H23NO. The summed E-state index contributed by atoms with van der Waals surface area (Å²) in [5, 5.41) is 0. The van der Waals surface area contributed by atoms with Crippen LogP contribution in [0.3, 0.4) is 0 Å². The van der Waals surface area contributed by atoms with E-state index in [2.05, 4.69) is 18.7 Å². The van der Waals surface area contributed by atoms with E-state index in [1.165, 1.54) is 12.8 Å². The monoisotopic (exact) mass is 209 g/mol. The van der Waals surface area contributed by atoms with Crippen molar-refractivity contribution in [2.45, 2.75) is 52.0 Å². The minimum atomic E-state index is 0.268. The molecule has 0 spiro atoms. The summed E-state index contributed by atoms with van der Waals surface area (Å²) in [6.07, 6.45) is 5.63. The van der Waals surface area contributed by atoms with Crippen molar-refractivity contribution in [2.24, 2.45) is 11.8 Å². The SMILES string of the molecule is C[C@@H]1C[C@H](C)CN([C@H]2CCCCC2=O)C1. The van der Waals surface area contributed by atoms with Gasteiger partial charge in [-0.1, -0.05) is 20.3 Å². The molecule has 0 amide bonds. The highest BCUT2D eigenvalue weighted by atomic mass is 16.1. The number of Topliss-reactive ketones (excluding diaryl/α,β-unsaturated/α-hetero) is 1. The Balaban J connectivity index is 1.99. The van der Waals surface area contributed by atoms with E-state index >= 15 is 0 Å². The average molecular weight is 209 g/mol. The third-order valence-corrected chi connectivity index (χ3v) is 3.86. The van der Waals surface area contributed by atoms with Crippen molar-refractivity contribution in [2.75, 3.05) is 13.1 Å². The number of carbonyl (C=O) groups excluding carboxylic acids is 1. The molecule has 1 saturated heterocycles. The Hall–Kier alpha value is -0.370. The largest absolute Gasteiger partial charge is 0.298 e.